The molecule has 0 bridgehead atoms. The van der Waals surface area contributed by atoms with Crippen molar-refractivity contribution in [2.24, 2.45) is 0 Å². The predicted molar refractivity (Wildman–Crippen MR) is 58.7 cm³/mol. The van der Waals surface area contributed by atoms with Crippen molar-refractivity contribution in [1.29, 1.82) is 0 Å². The number of nitrogens with one attached hydrogen (secondary N) is 1. The number of Topliss-reactive ketones (excluding diaryl/α,β-unsaturated/α-hetero) is 1. The van der Waals surface area contributed by atoms with Gasteiger partial charge in [-0.05, 0) is 6.92 Å². The molecule has 0 saturated heterocycles. The molecule has 1 aromatic carbocycles. The van der Waals surface area contributed by atoms with E-state index >= 15 is 0 Å². The molecular weight excluding hydrogens is 190 g/mol. The molecule has 1 rings (SSSR count). The van der Waals surface area contributed by atoms with Crippen molar-refractivity contribution in [3.8, 4) is 0 Å². The smallest absolute Gasteiger partial charge is 0.220 e. The van der Waals surface area contributed by atoms with E-state index in [1.807, 2.05) is 18.2 Å². The van der Waals surface area contributed by atoms with Crippen molar-refractivity contribution in [3.63, 3.8) is 0 Å². The Balaban J connectivity index is 2.65. The van der Waals surface area contributed by atoms with E-state index in [1.54, 1.807) is 26.0 Å². The third kappa shape index (κ3) is 3.20. The number of carbonyl (C=O) groups is 2. The molecule has 0 spiro atoms. The Bertz CT molecular complexity index is 346. The summed E-state index contributed by atoms with van der Waals surface area (Å²) in [4.78, 5) is 22.9. The highest BCUT2D eigenvalue weighted by atomic mass is 16.2. The van der Waals surface area contributed by atoms with Crippen molar-refractivity contribution < 1.29 is 9.59 Å². The lowest BCUT2D eigenvalue weighted by Gasteiger charge is -2.11. The van der Waals surface area contributed by atoms with Crippen LogP contribution in [0.15, 0.2) is 30.3 Å². The summed E-state index contributed by atoms with van der Waals surface area (Å²) in [5.41, 5.74) is 0.626. The highest BCUT2D eigenvalue weighted by Gasteiger charge is 2.15. The van der Waals surface area contributed by atoms with Crippen LogP contribution >= 0.6 is 0 Å². The molecule has 0 unspecified atom stereocenters. The minimum Gasteiger partial charge on any atom is -0.346 e. The summed E-state index contributed by atoms with van der Waals surface area (Å²) in [6.07, 6.45) is 0.395. The quantitative estimate of drug-likeness (QED) is 0.762. The van der Waals surface area contributed by atoms with Crippen LogP contribution in [0.1, 0.15) is 30.6 Å². The molecule has 0 aliphatic heterocycles. The normalized spacial score (nSPS) is 11.9. The van der Waals surface area contributed by atoms with Crippen LogP contribution in [0.25, 0.3) is 0 Å². The number of ketones is 1. The molecule has 0 fully saturated rings. The van der Waals surface area contributed by atoms with Crippen LogP contribution in [0.4, 0.5) is 0 Å². The van der Waals surface area contributed by atoms with Crippen molar-refractivity contribution in [1.82, 2.24) is 5.32 Å². The maximum atomic E-state index is 11.8. The summed E-state index contributed by atoms with van der Waals surface area (Å²) in [7, 11) is 0. The number of carbonyl (C=O) groups excluding carboxylic acids is 2. The van der Waals surface area contributed by atoms with E-state index in [1.165, 1.54) is 0 Å². The molecule has 0 aliphatic rings. The van der Waals surface area contributed by atoms with Crippen LogP contribution in [0.2, 0.25) is 0 Å². The van der Waals surface area contributed by atoms with E-state index in [4.69, 9.17) is 0 Å². The molecule has 80 valence electrons. The van der Waals surface area contributed by atoms with Gasteiger partial charge in [-0.15, -0.1) is 0 Å². The zero-order chi connectivity index (χ0) is 11.3. The summed E-state index contributed by atoms with van der Waals surface area (Å²) in [6.45, 7) is 3.46. The molecule has 3 heteroatoms. The van der Waals surface area contributed by atoms with Gasteiger partial charge in [0, 0.05) is 12.0 Å². The Kier molecular flexibility index (Phi) is 4.03. The number of hydrogen-bond donors (Lipinski definition) is 1. The van der Waals surface area contributed by atoms with Gasteiger partial charge in [0.15, 0.2) is 5.78 Å². The zero-order valence-electron chi connectivity index (χ0n) is 8.99. The van der Waals surface area contributed by atoms with Crippen LogP contribution in [-0.4, -0.2) is 17.7 Å². The third-order valence-corrected chi connectivity index (χ3v) is 2.15. The maximum Gasteiger partial charge on any atom is 0.220 e. The van der Waals surface area contributed by atoms with Crippen LogP contribution in [-0.2, 0) is 4.79 Å². The van der Waals surface area contributed by atoms with E-state index in [0.29, 0.717) is 12.0 Å². The highest BCUT2D eigenvalue weighted by Crippen LogP contribution is 2.03. The summed E-state index contributed by atoms with van der Waals surface area (Å²) in [5, 5.41) is 2.64. The first-order valence-corrected chi connectivity index (χ1v) is 5.03. The second-order valence-corrected chi connectivity index (χ2v) is 3.37. The molecule has 15 heavy (non-hydrogen) atoms. The number of rotatable bonds is 4. The molecule has 1 N–H and O–H groups in total. The first kappa shape index (κ1) is 11.4. The average Bonchev–Trinajstić information content (AvgIpc) is 2.29. The minimum atomic E-state index is -0.458. The monoisotopic (exact) mass is 205 g/mol. The van der Waals surface area contributed by atoms with Gasteiger partial charge in [0.25, 0.3) is 0 Å². The van der Waals surface area contributed by atoms with Gasteiger partial charge in [-0.3, -0.25) is 9.59 Å². The van der Waals surface area contributed by atoms with Crippen molar-refractivity contribution in [3.05, 3.63) is 35.9 Å². The number of hydrogen-bond acceptors (Lipinski definition) is 2. The molecule has 0 radical (unpaired) electrons. The van der Waals surface area contributed by atoms with Crippen LogP contribution in [0.5, 0.6) is 0 Å². The molecule has 3 nitrogen and oxygen atoms in total. The summed E-state index contributed by atoms with van der Waals surface area (Å²) >= 11 is 0. The largest absolute Gasteiger partial charge is 0.346 e. The van der Waals surface area contributed by atoms with Crippen molar-refractivity contribution in [2.45, 2.75) is 26.3 Å². The van der Waals surface area contributed by atoms with Crippen LogP contribution < -0.4 is 5.32 Å². The summed E-state index contributed by atoms with van der Waals surface area (Å²) < 4.78 is 0. The first-order valence-electron chi connectivity index (χ1n) is 5.03. The lowest BCUT2D eigenvalue weighted by atomic mass is 10.1. The molecule has 0 aliphatic carbocycles. The van der Waals surface area contributed by atoms with Gasteiger partial charge in [0.05, 0.1) is 6.04 Å². The molecule has 1 atom stereocenters. The average molecular weight is 205 g/mol. The van der Waals surface area contributed by atoms with Crippen molar-refractivity contribution in [2.75, 3.05) is 0 Å². The van der Waals surface area contributed by atoms with E-state index in [-0.39, 0.29) is 11.7 Å². The fourth-order valence-electron chi connectivity index (χ4n) is 1.26. The zero-order valence-corrected chi connectivity index (χ0v) is 8.99. The van der Waals surface area contributed by atoms with Gasteiger partial charge >= 0.3 is 0 Å². The van der Waals surface area contributed by atoms with Gasteiger partial charge in [-0.25, -0.2) is 0 Å². The second kappa shape index (κ2) is 5.29. The Morgan fingerprint density at radius 2 is 1.87 bits per heavy atom. The topological polar surface area (TPSA) is 46.2 Å². The summed E-state index contributed by atoms with van der Waals surface area (Å²) in [6, 6.07) is 8.50. The Morgan fingerprint density at radius 1 is 1.27 bits per heavy atom. The fraction of sp³-hybridized carbons (Fsp3) is 0.333. The highest BCUT2D eigenvalue weighted by molar-refractivity contribution is 6.01. The SMILES string of the molecule is CCC(=O)N[C@H](C)C(=O)c1ccccc1. The Hall–Kier alpha value is -1.64. The van der Waals surface area contributed by atoms with Gasteiger partial charge in [0.1, 0.15) is 0 Å². The first-order chi connectivity index (χ1) is 7.15. The van der Waals surface area contributed by atoms with E-state index in [0.717, 1.165) is 0 Å². The van der Waals surface area contributed by atoms with E-state index < -0.39 is 6.04 Å². The number of benzene rings is 1. The Labute approximate surface area is 89.5 Å². The van der Waals surface area contributed by atoms with E-state index in [9.17, 15) is 9.59 Å². The minimum absolute atomic E-state index is 0.0580. The van der Waals surface area contributed by atoms with Crippen LogP contribution in [0, 0.1) is 0 Å². The second-order valence-electron chi connectivity index (χ2n) is 3.37. The molecule has 0 saturated carbocycles. The Morgan fingerprint density at radius 3 is 2.40 bits per heavy atom. The standard InChI is InChI=1S/C12H15NO2/c1-3-11(14)13-9(2)12(15)10-7-5-4-6-8-10/h4-9H,3H2,1-2H3,(H,13,14)/t9-/m1/s1. The van der Waals surface area contributed by atoms with Gasteiger partial charge in [0.2, 0.25) is 5.91 Å². The van der Waals surface area contributed by atoms with E-state index in [2.05, 4.69) is 5.32 Å². The van der Waals surface area contributed by atoms with Gasteiger partial charge in [-0.2, -0.15) is 0 Å². The number of amides is 1. The van der Waals surface area contributed by atoms with Gasteiger partial charge in [-0.1, -0.05) is 37.3 Å². The maximum absolute atomic E-state index is 11.8. The summed E-state index contributed by atoms with van der Waals surface area (Å²) in [5.74, 6) is -0.163. The van der Waals surface area contributed by atoms with Gasteiger partial charge < -0.3 is 5.32 Å². The fourth-order valence-corrected chi connectivity index (χ4v) is 1.26. The molecule has 0 aromatic heterocycles. The lowest BCUT2D eigenvalue weighted by Crippen LogP contribution is -2.38. The van der Waals surface area contributed by atoms with Crippen molar-refractivity contribution >= 4 is 11.7 Å². The molecule has 1 aromatic rings. The predicted octanol–water partition coefficient (Wildman–Crippen LogP) is 1.78. The van der Waals surface area contributed by atoms with Crippen LogP contribution in [0.3, 0.4) is 0 Å². The molecule has 0 heterocycles. The molecule has 1 amide bonds. The lowest BCUT2D eigenvalue weighted by molar-refractivity contribution is -0.121. The molecular formula is C12H15NO2. The third-order valence-electron chi connectivity index (χ3n) is 2.15.